The summed E-state index contributed by atoms with van der Waals surface area (Å²) in [4.78, 5) is 10.5. The molecular weight excluding hydrogens is 332 g/mol. The van der Waals surface area contributed by atoms with Gasteiger partial charge in [-0.25, -0.2) is 0 Å². The monoisotopic (exact) mass is 344 g/mol. The van der Waals surface area contributed by atoms with Gasteiger partial charge in [-0.2, -0.15) is 5.26 Å². The molecule has 0 fully saturated rings. The number of rotatable bonds is 6. The Hall–Kier alpha value is -1.25. The number of aliphatic carboxylic acids is 1. The molecular formula is C13H14BrClN2O2. The molecule has 0 aliphatic heterocycles. The van der Waals surface area contributed by atoms with Crippen LogP contribution in [0.4, 0.5) is 5.69 Å². The summed E-state index contributed by atoms with van der Waals surface area (Å²) in [6, 6.07) is 7.47. The summed E-state index contributed by atoms with van der Waals surface area (Å²) >= 11 is 9.21. The lowest BCUT2D eigenvalue weighted by Gasteiger charge is -2.24. The fraction of sp³-hybridized carbons (Fsp3) is 0.385. The minimum atomic E-state index is -0.852. The number of halogens is 2. The molecule has 0 bridgehead atoms. The number of carboxylic acids is 1. The van der Waals surface area contributed by atoms with Crippen molar-refractivity contribution in [3.8, 4) is 6.07 Å². The van der Waals surface area contributed by atoms with Crippen LogP contribution in [-0.2, 0) is 4.79 Å². The molecule has 1 rings (SSSR count). The lowest BCUT2D eigenvalue weighted by molar-refractivity contribution is -0.137. The van der Waals surface area contributed by atoms with Crippen LogP contribution in [0.25, 0.3) is 0 Å². The average molecular weight is 346 g/mol. The zero-order valence-corrected chi connectivity index (χ0v) is 12.8. The highest BCUT2D eigenvalue weighted by Crippen LogP contribution is 2.28. The van der Waals surface area contributed by atoms with Crippen LogP contribution in [-0.4, -0.2) is 16.6 Å². The molecule has 0 saturated carbocycles. The number of hydrogen-bond donors (Lipinski definition) is 2. The van der Waals surface area contributed by atoms with Gasteiger partial charge in [-0.3, -0.25) is 4.79 Å². The SMILES string of the molecule is CC(C#N)(CCCC(=O)O)Nc1ccc(Cl)c(Br)c1. The van der Waals surface area contributed by atoms with Gasteiger partial charge in [0.05, 0.1) is 11.1 Å². The van der Waals surface area contributed by atoms with Crippen molar-refractivity contribution in [2.75, 3.05) is 5.32 Å². The summed E-state index contributed by atoms with van der Waals surface area (Å²) < 4.78 is 0.741. The topological polar surface area (TPSA) is 73.1 Å². The Kier molecular flexibility index (Phi) is 5.64. The van der Waals surface area contributed by atoms with Crippen LogP contribution in [0.1, 0.15) is 26.2 Å². The summed E-state index contributed by atoms with van der Waals surface area (Å²) in [7, 11) is 0. The second kappa shape index (κ2) is 6.78. The van der Waals surface area contributed by atoms with Crippen LogP contribution < -0.4 is 5.32 Å². The van der Waals surface area contributed by atoms with Gasteiger partial charge >= 0.3 is 5.97 Å². The second-order valence-corrected chi connectivity index (χ2v) is 5.71. The van der Waals surface area contributed by atoms with Crippen molar-refractivity contribution >= 4 is 39.2 Å². The van der Waals surface area contributed by atoms with E-state index in [-0.39, 0.29) is 6.42 Å². The maximum absolute atomic E-state index is 10.5. The Labute approximate surface area is 125 Å². The van der Waals surface area contributed by atoms with E-state index in [9.17, 15) is 10.1 Å². The van der Waals surface area contributed by atoms with Crippen molar-refractivity contribution in [2.24, 2.45) is 0 Å². The highest BCUT2D eigenvalue weighted by Gasteiger charge is 2.23. The molecule has 0 aromatic heterocycles. The van der Waals surface area contributed by atoms with E-state index in [1.54, 1.807) is 25.1 Å². The summed E-state index contributed by atoms with van der Waals surface area (Å²) in [6.45, 7) is 1.75. The molecule has 1 atom stereocenters. The molecule has 1 unspecified atom stereocenters. The first kappa shape index (κ1) is 15.8. The summed E-state index contributed by atoms with van der Waals surface area (Å²) in [5, 5.41) is 21.6. The number of anilines is 1. The molecule has 0 amide bonds. The second-order valence-electron chi connectivity index (χ2n) is 4.45. The van der Waals surface area contributed by atoms with Crippen LogP contribution in [0.15, 0.2) is 22.7 Å². The number of hydrogen-bond acceptors (Lipinski definition) is 3. The highest BCUT2D eigenvalue weighted by atomic mass is 79.9. The first-order chi connectivity index (χ1) is 8.86. The van der Waals surface area contributed by atoms with Crippen molar-refractivity contribution in [2.45, 2.75) is 31.7 Å². The predicted molar refractivity (Wildman–Crippen MR) is 78.3 cm³/mol. The fourth-order valence-electron chi connectivity index (χ4n) is 1.63. The number of nitrogens with zero attached hydrogens (tertiary/aromatic N) is 1. The molecule has 19 heavy (non-hydrogen) atoms. The molecule has 1 aromatic carbocycles. The van der Waals surface area contributed by atoms with E-state index in [1.165, 1.54) is 0 Å². The molecule has 0 radical (unpaired) electrons. The summed E-state index contributed by atoms with van der Waals surface area (Å²) in [6.07, 6.45) is 0.959. The van der Waals surface area contributed by atoms with E-state index < -0.39 is 11.5 Å². The first-order valence-electron chi connectivity index (χ1n) is 5.72. The minimum absolute atomic E-state index is 0.0588. The van der Waals surface area contributed by atoms with Gasteiger partial charge in [0.15, 0.2) is 0 Å². The zero-order valence-electron chi connectivity index (χ0n) is 10.4. The third kappa shape index (κ3) is 5.09. The van der Waals surface area contributed by atoms with E-state index in [1.807, 2.05) is 0 Å². The van der Waals surface area contributed by atoms with Crippen molar-refractivity contribution in [3.63, 3.8) is 0 Å². The molecule has 0 aliphatic carbocycles. The van der Waals surface area contributed by atoms with E-state index in [4.69, 9.17) is 16.7 Å². The van der Waals surface area contributed by atoms with Gasteiger partial charge in [-0.15, -0.1) is 0 Å². The zero-order chi connectivity index (χ0) is 14.5. The standard InChI is InChI=1S/C13H14BrClN2O2/c1-13(8-16,6-2-3-12(18)19)17-9-4-5-11(15)10(14)7-9/h4-5,7,17H,2-3,6H2,1H3,(H,18,19). The van der Waals surface area contributed by atoms with Crippen molar-refractivity contribution in [1.29, 1.82) is 5.26 Å². The molecule has 1 aromatic rings. The molecule has 0 heterocycles. The molecule has 0 saturated heterocycles. The van der Waals surface area contributed by atoms with Crippen molar-refractivity contribution < 1.29 is 9.90 Å². The Balaban J connectivity index is 2.72. The van der Waals surface area contributed by atoms with Crippen LogP contribution in [0, 0.1) is 11.3 Å². The fourth-order valence-corrected chi connectivity index (χ4v) is 2.13. The van der Waals surface area contributed by atoms with Crippen molar-refractivity contribution in [1.82, 2.24) is 0 Å². The summed E-state index contributed by atoms with van der Waals surface area (Å²) in [5.41, 5.74) is -0.0430. The molecule has 0 spiro atoms. The molecule has 6 heteroatoms. The van der Waals surface area contributed by atoms with Crippen LogP contribution >= 0.6 is 27.5 Å². The normalized spacial score (nSPS) is 13.4. The molecule has 4 nitrogen and oxygen atoms in total. The van der Waals surface area contributed by atoms with Crippen molar-refractivity contribution in [3.05, 3.63) is 27.7 Å². The number of nitrogens with one attached hydrogen (secondary N) is 1. The van der Waals surface area contributed by atoms with Gasteiger partial charge < -0.3 is 10.4 Å². The summed E-state index contributed by atoms with van der Waals surface area (Å²) in [5.74, 6) is -0.852. The van der Waals surface area contributed by atoms with Gasteiger partial charge in [-0.1, -0.05) is 11.6 Å². The Bertz CT molecular complexity index is 516. The average Bonchev–Trinajstić information content (AvgIpc) is 2.33. The molecule has 2 N–H and O–H groups in total. The van der Waals surface area contributed by atoms with E-state index in [0.29, 0.717) is 17.9 Å². The number of nitriles is 1. The first-order valence-corrected chi connectivity index (χ1v) is 6.90. The smallest absolute Gasteiger partial charge is 0.303 e. The minimum Gasteiger partial charge on any atom is -0.481 e. The predicted octanol–water partition coefficient (Wildman–Crippen LogP) is 4.05. The highest BCUT2D eigenvalue weighted by molar-refractivity contribution is 9.10. The number of benzene rings is 1. The Morgan fingerprint density at radius 3 is 2.84 bits per heavy atom. The quantitative estimate of drug-likeness (QED) is 0.815. The van der Waals surface area contributed by atoms with Gasteiger partial charge in [0.25, 0.3) is 0 Å². The molecule has 102 valence electrons. The van der Waals surface area contributed by atoms with Gasteiger partial charge in [0, 0.05) is 16.6 Å². The van der Waals surface area contributed by atoms with E-state index in [2.05, 4.69) is 27.3 Å². The largest absolute Gasteiger partial charge is 0.481 e. The maximum atomic E-state index is 10.5. The van der Waals surface area contributed by atoms with E-state index >= 15 is 0 Å². The Morgan fingerprint density at radius 2 is 2.32 bits per heavy atom. The van der Waals surface area contributed by atoms with E-state index in [0.717, 1.165) is 10.2 Å². The third-order valence-corrected chi connectivity index (χ3v) is 3.87. The van der Waals surface area contributed by atoms with Gasteiger partial charge in [0.1, 0.15) is 5.54 Å². The Morgan fingerprint density at radius 1 is 1.63 bits per heavy atom. The van der Waals surface area contributed by atoms with Gasteiger partial charge in [-0.05, 0) is 53.9 Å². The lowest BCUT2D eigenvalue weighted by Crippen LogP contribution is -2.33. The van der Waals surface area contributed by atoms with Crippen LogP contribution in [0.5, 0.6) is 0 Å². The van der Waals surface area contributed by atoms with Crippen LogP contribution in [0.3, 0.4) is 0 Å². The number of carboxylic acid groups (broad SMARTS) is 1. The molecule has 0 aliphatic rings. The maximum Gasteiger partial charge on any atom is 0.303 e. The third-order valence-electron chi connectivity index (χ3n) is 2.65. The van der Waals surface area contributed by atoms with Crippen LogP contribution in [0.2, 0.25) is 5.02 Å². The number of carbonyl (C=O) groups is 1. The lowest BCUT2D eigenvalue weighted by atomic mass is 9.96. The van der Waals surface area contributed by atoms with Gasteiger partial charge in [0.2, 0.25) is 0 Å².